The molecule has 0 radical (unpaired) electrons. The molecule has 1 unspecified atom stereocenters. The zero-order chi connectivity index (χ0) is 12.8. The molecule has 0 saturated carbocycles. The zero-order valence-corrected chi connectivity index (χ0v) is 10.3. The van der Waals surface area contributed by atoms with Crippen LogP contribution in [-0.4, -0.2) is 61.4 Å². The molecule has 1 rings (SSSR count). The minimum absolute atomic E-state index is 0.102. The monoisotopic (exact) mass is 238 g/mol. The summed E-state index contributed by atoms with van der Waals surface area (Å²) < 4.78 is 0. The molecule has 1 atom stereocenters. The third kappa shape index (κ3) is 3.71. The molecule has 94 valence electrons. The van der Waals surface area contributed by atoms with Crippen LogP contribution in [0, 0.1) is 11.3 Å². The summed E-state index contributed by atoms with van der Waals surface area (Å²) in [5, 5.41) is 10.6. The Balaban J connectivity index is 2.55. The number of nitriles is 1. The molecule has 0 aromatic heterocycles. The van der Waals surface area contributed by atoms with E-state index in [1.807, 2.05) is 19.0 Å². The van der Waals surface area contributed by atoms with Gasteiger partial charge in [0.1, 0.15) is 6.54 Å². The highest BCUT2D eigenvalue weighted by Gasteiger charge is 2.32. The van der Waals surface area contributed by atoms with Crippen molar-refractivity contribution in [3.05, 3.63) is 0 Å². The molecule has 0 spiro atoms. The highest BCUT2D eigenvalue weighted by molar-refractivity contribution is 6.35. The van der Waals surface area contributed by atoms with Crippen molar-refractivity contribution in [3.8, 4) is 6.07 Å². The van der Waals surface area contributed by atoms with E-state index >= 15 is 0 Å². The van der Waals surface area contributed by atoms with Crippen LogP contribution >= 0.6 is 0 Å². The molecule has 2 amide bonds. The van der Waals surface area contributed by atoms with Gasteiger partial charge in [-0.3, -0.25) is 9.59 Å². The van der Waals surface area contributed by atoms with Gasteiger partial charge in [0.15, 0.2) is 0 Å². The van der Waals surface area contributed by atoms with Gasteiger partial charge in [-0.2, -0.15) is 5.26 Å². The summed E-state index contributed by atoms with van der Waals surface area (Å²) >= 11 is 0. The normalized spacial score (nSPS) is 19.2. The van der Waals surface area contributed by atoms with E-state index in [9.17, 15) is 9.59 Å². The Morgan fingerprint density at radius 2 is 2.24 bits per heavy atom. The van der Waals surface area contributed by atoms with Crippen molar-refractivity contribution in [3.63, 3.8) is 0 Å². The van der Waals surface area contributed by atoms with Gasteiger partial charge in [-0.25, -0.2) is 0 Å². The number of nitrogens with zero attached hydrogens (tertiary/aromatic N) is 3. The van der Waals surface area contributed by atoms with Gasteiger partial charge in [0.2, 0.25) is 0 Å². The standard InChI is InChI=1S/C11H18N4O2/c1-14(2)8-9-4-3-7-15(9)11(17)10(16)13-6-5-12/h9H,3-4,6-8H2,1-2H3,(H,13,16). The number of likely N-dealkylation sites (N-methyl/N-ethyl adjacent to an activating group) is 1. The van der Waals surface area contributed by atoms with Crippen molar-refractivity contribution in [1.82, 2.24) is 15.1 Å². The lowest BCUT2D eigenvalue weighted by molar-refractivity contribution is -0.146. The van der Waals surface area contributed by atoms with Crippen LogP contribution in [0.3, 0.4) is 0 Å². The predicted molar refractivity (Wildman–Crippen MR) is 61.9 cm³/mol. The SMILES string of the molecule is CN(C)CC1CCCN1C(=O)C(=O)NCC#N. The second kappa shape index (κ2) is 6.21. The molecule has 17 heavy (non-hydrogen) atoms. The maximum atomic E-state index is 11.8. The minimum atomic E-state index is -0.683. The molecule has 1 aliphatic heterocycles. The summed E-state index contributed by atoms with van der Waals surface area (Å²) in [6.07, 6.45) is 1.85. The number of nitrogens with one attached hydrogen (secondary N) is 1. The fourth-order valence-corrected chi connectivity index (χ4v) is 2.04. The van der Waals surface area contributed by atoms with Crippen molar-refractivity contribution in [1.29, 1.82) is 5.26 Å². The third-order valence-electron chi connectivity index (χ3n) is 2.74. The Morgan fingerprint density at radius 1 is 1.53 bits per heavy atom. The summed E-state index contributed by atoms with van der Waals surface area (Å²) in [5.41, 5.74) is 0. The number of hydrogen-bond acceptors (Lipinski definition) is 4. The Morgan fingerprint density at radius 3 is 2.82 bits per heavy atom. The number of carbonyl (C=O) groups excluding carboxylic acids is 2. The summed E-state index contributed by atoms with van der Waals surface area (Å²) in [5.74, 6) is -1.21. The van der Waals surface area contributed by atoms with Crippen LogP contribution in [0.2, 0.25) is 0 Å². The van der Waals surface area contributed by atoms with Gasteiger partial charge >= 0.3 is 11.8 Å². The van der Waals surface area contributed by atoms with Gasteiger partial charge in [0.05, 0.1) is 6.07 Å². The van der Waals surface area contributed by atoms with E-state index in [2.05, 4.69) is 5.32 Å². The first-order chi connectivity index (χ1) is 8.06. The zero-order valence-electron chi connectivity index (χ0n) is 10.3. The number of hydrogen-bond donors (Lipinski definition) is 1. The van der Waals surface area contributed by atoms with E-state index in [1.54, 1.807) is 11.0 Å². The molecule has 1 heterocycles. The van der Waals surface area contributed by atoms with Crippen LogP contribution in [0.1, 0.15) is 12.8 Å². The molecule has 0 aromatic rings. The fraction of sp³-hybridized carbons (Fsp3) is 0.727. The van der Waals surface area contributed by atoms with E-state index in [1.165, 1.54) is 0 Å². The number of likely N-dealkylation sites (tertiary alicyclic amines) is 1. The van der Waals surface area contributed by atoms with Crippen LogP contribution in [0.5, 0.6) is 0 Å². The van der Waals surface area contributed by atoms with Gasteiger partial charge in [0, 0.05) is 19.1 Å². The Hall–Kier alpha value is -1.61. The largest absolute Gasteiger partial charge is 0.335 e. The van der Waals surface area contributed by atoms with Crippen LogP contribution in [0.25, 0.3) is 0 Å². The van der Waals surface area contributed by atoms with Gasteiger partial charge in [-0.15, -0.1) is 0 Å². The molecule has 0 aromatic carbocycles. The van der Waals surface area contributed by atoms with E-state index < -0.39 is 11.8 Å². The lowest BCUT2D eigenvalue weighted by atomic mass is 10.2. The summed E-state index contributed by atoms with van der Waals surface area (Å²) in [7, 11) is 3.88. The Labute approximate surface area is 101 Å². The smallest absolute Gasteiger partial charge is 0.312 e. The number of amides is 2. The van der Waals surface area contributed by atoms with Crippen molar-refractivity contribution < 1.29 is 9.59 Å². The average molecular weight is 238 g/mol. The maximum Gasteiger partial charge on any atom is 0.312 e. The van der Waals surface area contributed by atoms with Crippen molar-refractivity contribution in [2.75, 3.05) is 33.7 Å². The molecule has 6 heteroatoms. The number of rotatable bonds is 3. The number of carbonyl (C=O) groups is 2. The quantitative estimate of drug-likeness (QED) is 0.515. The van der Waals surface area contributed by atoms with Crippen molar-refractivity contribution in [2.24, 2.45) is 0 Å². The van der Waals surface area contributed by atoms with Gasteiger partial charge in [-0.1, -0.05) is 0 Å². The van der Waals surface area contributed by atoms with Gasteiger partial charge < -0.3 is 15.1 Å². The highest BCUT2D eigenvalue weighted by atomic mass is 16.2. The van der Waals surface area contributed by atoms with E-state index in [4.69, 9.17) is 5.26 Å². The summed E-state index contributed by atoms with van der Waals surface area (Å²) in [6, 6.07) is 1.88. The lowest BCUT2D eigenvalue weighted by Gasteiger charge is -2.26. The van der Waals surface area contributed by atoms with Crippen molar-refractivity contribution in [2.45, 2.75) is 18.9 Å². The molecular formula is C11H18N4O2. The molecule has 0 bridgehead atoms. The second-order valence-corrected chi connectivity index (χ2v) is 4.40. The molecule has 1 saturated heterocycles. The Bertz CT molecular complexity index is 335. The van der Waals surface area contributed by atoms with Gasteiger partial charge in [0.25, 0.3) is 0 Å². The Kier molecular flexibility index (Phi) is 4.91. The molecule has 1 N–H and O–H groups in total. The second-order valence-electron chi connectivity index (χ2n) is 4.40. The van der Waals surface area contributed by atoms with Crippen LogP contribution in [-0.2, 0) is 9.59 Å². The lowest BCUT2D eigenvalue weighted by Crippen LogP contribution is -2.48. The first-order valence-electron chi connectivity index (χ1n) is 5.66. The molecule has 0 aliphatic carbocycles. The highest BCUT2D eigenvalue weighted by Crippen LogP contribution is 2.17. The summed E-state index contributed by atoms with van der Waals surface area (Å²) in [4.78, 5) is 26.9. The van der Waals surface area contributed by atoms with Crippen LogP contribution in [0.15, 0.2) is 0 Å². The van der Waals surface area contributed by atoms with Gasteiger partial charge in [-0.05, 0) is 26.9 Å². The van der Waals surface area contributed by atoms with Crippen LogP contribution in [0.4, 0.5) is 0 Å². The molecular weight excluding hydrogens is 220 g/mol. The van der Waals surface area contributed by atoms with E-state index in [0.717, 1.165) is 19.4 Å². The molecule has 1 aliphatic rings. The topological polar surface area (TPSA) is 76.4 Å². The fourth-order valence-electron chi connectivity index (χ4n) is 2.04. The van der Waals surface area contributed by atoms with E-state index in [-0.39, 0.29) is 12.6 Å². The molecule has 1 fully saturated rings. The maximum absolute atomic E-state index is 11.8. The van der Waals surface area contributed by atoms with Crippen LogP contribution < -0.4 is 5.32 Å². The predicted octanol–water partition coefficient (Wildman–Crippen LogP) is -0.821. The minimum Gasteiger partial charge on any atom is -0.335 e. The first-order valence-corrected chi connectivity index (χ1v) is 5.66. The average Bonchev–Trinajstić information content (AvgIpc) is 2.71. The molecule has 6 nitrogen and oxygen atoms in total. The third-order valence-corrected chi connectivity index (χ3v) is 2.74. The van der Waals surface area contributed by atoms with Crippen molar-refractivity contribution >= 4 is 11.8 Å². The first kappa shape index (κ1) is 13.5. The van der Waals surface area contributed by atoms with E-state index in [0.29, 0.717) is 6.54 Å². The summed E-state index contributed by atoms with van der Waals surface area (Å²) in [6.45, 7) is 1.26.